The molecule has 0 spiro atoms. The summed E-state index contributed by atoms with van der Waals surface area (Å²) >= 11 is 0. The van der Waals surface area contributed by atoms with Crippen molar-refractivity contribution in [2.75, 3.05) is 38.6 Å². The van der Waals surface area contributed by atoms with E-state index in [1.54, 1.807) is 0 Å². The van der Waals surface area contributed by atoms with Gasteiger partial charge in [-0.15, -0.1) is 0 Å². The zero-order valence-corrected chi connectivity index (χ0v) is 16.7. The predicted octanol–water partition coefficient (Wildman–Crippen LogP) is 0.503. The molecular weight excluding hydrogens is 328 g/mol. The van der Waals surface area contributed by atoms with Gasteiger partial charge in [-0.05, 0) is 32.9 Å². The van der Waals surface area contributed by atoms with E-state index < -0.39 is 17.4 Å². The van der Waals surface area contributed by atoms with Crippen molar-refractivity contribution in [3.05, 3.63) is 29.8 Å². The molecule has 1 aromatic rings. The summed E-state index contributed by atoms with van der Waals surface area (Å²) in [7, 11) is 4.04. The van der Waals surface area contributed by atoms with Gasteiger partial charge in [-0.25, -0.2) is 0 Å². The number of nitrogens with one attached hydrogen (secondary N) is 3. The molecule has 144 valence electrons. The molecule has 0 unspecified atom stereocenters. The second-order valence-electron chi connectivity index (χ2n) is 8.32. The zero-order valence-electron chi connectivity index (χ0n) is 16.7. The van der Waals surface area contributed by atoms with Gasteiger partial charge >= 0.3 is 11.8 Å². The normalized spacial score (nSPS) is 16.2. The summed E-state index contributed by atoms with van der Waals surface area (Å²) in [5, 5.41) is 5.54. The van der Waals surface area contributed by atoms with Crippen molar-refractivity contribution in [2.24, 2.45) is 0 Å². The van der Waals surface area contributed by atoms with E-state index >= 15 is 0 Å². The summed E-state index contributed by atoms with van der Waals surface area (Å²) in [5.41, 5.74) is 1.93. The van der Waals surface area contributed by atoms with E-state index in [9.17, 15) is 9.59 Å². The number of quaternary nitrogens is 1. The number of likely N-dealkylation sites (tertiary alicyclic amines) is 1. The fourth-order valence-electron chi connectivity index (χ4n) is 3.35. The van der Waals surface area contributed by atoms with Crippen molar-refractivity contribution in [3.63, 3.8) is 0 Å². The summed E-state index contributed by atoms with van der Waals surface area (Å²) in [6.45, 7) is 8.26. The molecule has 0 bridgehead atoms. The third-order valence-corrected chi connectivity index (χ3v) is 4.71. The van der Waals surface area contributed by atoms with Gasteiger partial charge in [0, 0.05) is 43.7 Å². The van der Waals surface area contributed by atoms with Crippen LogP contribution in [0.25, 0.3) is 0 Å². The SMILES string of the molecule is CN(C)c1ccc([C@@H](CNC(=O)C(=O)NC(C)(C)C)[NH+]2CCCC2)cc1. The van der Waals surface area contributed by atoms with Crippen molar-refractivity contribution in [2.45, 2.75) is 45.2 Å². The molecule has 0 radical (unpaired) electrons. The molecule has 1 saturated heterocycles. The first kappa shape index (κ1) is 20.2. The van der Waals surface area contributed by atoms with E-state index in [4.69, 9.17) is 0 Å². The fraction of sp³-hybridized carbons (Fsp3) is 0.600. The van der Waals surface area contributed by atoms with Crippen LogP contribution in [0.3, 0.4) is 0 Å². The van der Waals surface area contributed by atoms with Gasteiger partial charge in [0.2, 0.25) is 0 Å². The van der Waals surface area contributed by atoms with Crippen LogP contribution < -0.4 is 20.4 Å². The highest BCUT2D eigenvalue weighted by Crippen LogP contribution is 2.17. The van der Waals surface area contributed by atoms with Crippen molar-refractivity contribution in [1.82, 2.24) is 10.6 Å². The standard InChI is InChI=1S/C20H32N4O2/c1-20(2,3)22-19(26)18(25)21-14-17(24-12-6-7-13-24)15-8-10-16(11-9-15)23(4)5/h8-11,17H,6-7,12-14H2,1-5H3,(H,21,25)(H,22,26)/p+1/t17-/m1/s1. The molecule has 6 heteroatoms. The Morgan fingerprint density at radius 3 is 2.15 bits per heavy atom. The lowest BCUT2D eigenvalue weighted by molar-refractivity contribution is -0.918. The number of nitrogens with zero attached hydrogens (tertiary/aromatic N) is 1. The van der Waals surface area contributed by atoms with Crippen LogP contribution in [0, 0.1) is 0 Å². The van der Waals surface area contributed by atoms with Crippen molar-refractivity contribution in [1.29, 1.82) is 0 Å². The topological polar surface area (TPSA) is 65.9 Å². The van der Waals surface area contributed by atoms with Gasteiger partial charge in [-0.3, -0.25) is 9.59 Å². The monoisotopic (exact) mass is 361 g/mol. The van der Waals surface area contributed by atoms with Crippen LogP contribution in [0.5, 0.6) is 0 Å². The first-order chi connectivity index (χ1) is 12.2. The smallest absolute Gasteiger partial charge is 0.309 e. The summed E-state index contributed by atoms with van der Waals surface area (Å²) in [6, 6.07) is 8.64. The van der Waals surface area contributed by atoms with Crippen LogP contribution in [0.2, 0.25) is 0 Å². The van der Waals surface area contributed by atoms with Crippen molar-refractivity contribution >= 4 is 17.5 Å². The molecule has 1 aromatic carbocycles. The highest BCUT2D eigenvalue weighted by atomic mass is 16.2. The van der Waals surface area contributed by atoms with Gasteiger partial charge in [0.05, 0.1) is 19.6 Å². The van der Waals surface area contributed by atoms with Gasteiger partial charge in [-0.2, -0.15) is 0 Å². The van der Waals surface area contributed by atoms with Crippen LogP contribution in [0.4, 0.5) is 5.69 Å². The molecule has 6 nitrogen and oxygen atoms in total. The summed E-state index contributed by atoms with van der Waals surface area (Å²) < 4.78 is 0. The molecule has 1 aliphatic heterocycles. The molecule has 3 N–H and O–H groups in total. The van der Waals surface area contributed by atoms with Gasteiger partial charge < -0.3 is 20.4 Å². The number of amides is 2. The molecule has 0 aliphatic carbocycles. The highest BCUT2D eigenvalue weighted by molar-refractivity contribution is 6.35. The maximum Gasteiger partial charge on any atom is 0.309 e. The highest BCUT2D eigenvalue weighted by Gasteiger charge is 2.29. The third kappa shape index (κ3) is 5.73. The first-order valence-corrected chi connectivity index (χ1v) is 9.39. The minimum absolute atomic E-state index is 0.167. The third-order valence-electron chi connectivity index (χ3n) is 4.71. The minimum atomic E-state index is -0.573. The zero-order chi connectivity index (χ0) is 19.3. The Hall–Kier alpha value is -2.08. The largest absolute Gasteiger partial charge is 0.378 e. The molecule has 1 atom stereocenters. The van der Waals surface area contributed by atoms with E-state index in [1.807, 2.05) is 34.9 Å². The number of carbonyl (C=O) groups is 2. The second kappa shape index (κ2) is 8.54. The molecule has 2 rings (SSSR count). The molecule has 26 heavy (non-hydrogen) atoms. The van der Waals surface area contributed by atoms with Gasteiger partial charge in [0.1, 0.15) is 6.04 Å². The fourth-order valence-corrected chi connectivity index (χ4v) is 3.35. The van der Waals surface area contributed by atoms with Gasteiger partial charge in [0.15, 0.2) is 0 Å². The number of hydrogen-bond donors (Lipinski definition) is 3. The average molecular weight is 362 g/mol. The molecule has 1 aliphatic rings. The molecule has 1 fully saturated rings. The molecule has 1 heterocycles. The summed E-state index contributed by atoms with van der Waals surface area (Å²) in [6.07, 6.45) is 2.42. The van der Waals surface area contributed by atoms with Crippen LogP contribution in [0.1, 0.15) is 45.2 Å². The number of carbonyl (C=O) groups excluding carboxylic acids is 2. The molecule has 0 saturated carbocycles. The van der Waals surface area contributed by atoms with E-state index in [2.05, 4.69) is 39.8 Å². The Kier molecular flexibility index (Phi) is 6.64. The van der Waals surface area contributed by atoms with Gasteiger partial charge in [0.25, 0.3) is 0 Å². The average Bonchev–Trinajstić information content (AvgIpc) is 3.08. The molecule has 2 amide bonds. The second-order valence-corrected chi connectivity index (χ2v) is 8.32. The Morgan fingerprint density at radius 1 is 1.08 bits per heavy atom. The number of rotatable bonds is 5. The van der Waals surface area contributed by atoms with Crippen LogP contribution in [-0.4, -0.2) is 51.1 Å². The summed E-state index contributed by atoms with van der Waals surface area (Å²) in [5.74, 6) is -1.14. The number of benzene rings is 1. The Labute approximate surface area is 156 Å². The maximum atomic E-state index is 12.2. The van der Waals surface area contributed by atoms with Crippen LogP contribution in [-0.2, 0) is 9.59 Å². The predicted molar refractivity (Wildman–Crippen MR) is 104 cm³/mol. The van der Waals surface area contributed by atoms with Crippen LogP contribution >= 0.6 is 0 Å². The Bertz CT molecular complexity index is 614. The summed E-state index contributed by atoms with van der Waals surface area (Å²) in [4.78, 5) is 27.7. The van der Waals surface area contributed by atoms with Gasteiger partial charge in [-0.1, -0.05) is 12.1 Å². The number of hydrogen-bond acceptors (Lipinski definition) is 3. The van der Waals surface area contributed by atoms with E-state index in [1.165, 1.54) is 23.3 Å². The van der Waals surface area contributed by atoms with E-state index in [0.29, 0.717) is 6.54 Å². The Morgan fingerprint density at radius 2 is 1.65 bits per heavy atom. The maximum absolute atomic E-state index is 12.2. The molecular formula is C20H33N4O2+. The van der Waals surface area contributed by atoms with Crippen molar-refractivity contribution < 1.29 is 14.5 Å². The minimum Gasteiger partial charge on any atom is -0.378 e. The van der Waals surface area contributed by atoms with Crippen molar-refractivity contribution in [3.8, 4) is 0 Å². The van der Waals surface area contributed by atoms with E-state index in [-0.39, 0.29) is 6.04 Å². The van der Waals surface area contributed by atoms with E-state index in [0.717, 1.165) is 18.8 Å². The quantitative estimate of drug-likeness (QED) is 0.670. The lowest BCUT2D eigenvalue weighted by Gasteiger charge is -2.26. The lowest BCUT2D eigenvalue weighted by atomic mass is 10.0. The lowest BCUT2D eigenvalue weighted by Crippen LogP contribution is -3.11. The first-order valence-electron chi connectivity index (χ1n) is 9.39. The molecule has 0 aromatic heterocycles. The number of anilines is 1. The van der Waals surface area contributed by atoms with Crippen LogP contribution in [0.15, 0.2) is 24.3 Å². The Balaban J connectivity index is 2.06.